The second-order valence-electron chi connectivity index (χ2n) is 6.20. The van der Waals surface area contributed by atoms with Gasteiger partial charge in [-0.25, -0.2) is 9.97 Å². The highest BCUT2D eigenvalue weighted by Gasteiger charge is 2.20. The molecule has 1 aliphatic rings. The van der Waals surface area contributed by atoms with E-state index in [1.807, 2.05) is 25.3 Å². The molecule has 3 aromatic rings. The van der Waals surface area contributed by atoms with Crippen molar-refractivity contribution in [2.24, 2.45) is 5.92 Å². The van der Waals surface area contributed by atoms with Gasteiger partial charge in [0, 0.05) is 36.1 Å². The lowest BCUT2D eigenvalue weighted by Gasteiger charge is -2.10. The smallest absolute Gasteiger partial charge is 0.133 e. The molecular formula is C18H19N5. The van der Waals surface area contributed by atoms with Gasteiger partial charge in [-0.1, -0.05) is 0 Å². The van der Waals surface area contributed by atoms with E-state index in [9.17, 15) is 0 Å². The van der Waals surface area contributed by atoms with Crippen LogP contribution in [0.25, 0.3) is 22.0 Å². The topological polar surface area (TPSA) is 76.7 Å². The van der Waals surface area contributed by atoms with Gasteiger partial charge in [-0.3, -0.25) is 4.98 Å². The van der Waals surface area contributed by atoms with E-state index in [-0.39, 0.29) is 0 Å². The number of hydrogen-bond acceptors (Lipinski definition) is 5. The van der Waals surface area contributed by atoms with E-state index in [2.05, 4.69) is 26.3 Å². The van der Waals surface area contributed by atoms with E-state index in [4.69, 9.17) is 5.73 Å². The molecule has 1 aliphatic carbocycles. The maximum atomic E-state index is 6.13. The largest absolute Gasteiger partial charge is 0.383 e. The Morgan fingerprint density at radius 3 is 2.91 bits per heavy atom. The van der Waals surface area contributed by atoms with Gasteiger partial charge in [0.05, 0.1) is 5.69 Å². The van der Waals surface area contributed by atoms with Crippen molar-refractivity contribution in [3.63, 3.8) is 0 Å². The van der Waals surface area contributed by atoms with Crippen LogP contribution in [0.2, 0.25) is 0 Å². The van der Waals surface area contributed by atoms with E-state index in [0.717, 1.165) is 45.9 Å². The average molecular weight is 305 g/mol. The fourth-order valence-corrected chi connectivity index (χ4v) is 2.71. The van der Waals surface area contributed by atoms with Crippen molar-refractivity contribution >= 4 is 22.4 Å². The minimum absolute atomic E-state index is 0.502. The molecular weight excluding hydrogens is 286 g/mol. The Morgan fingerprint density at radius 2 is 2.13 bits per heavy atom. The molecule has 0 spiro atoms. The third-order valence-electron chi connectivity index (χ3n) is 4.33. The molecule has 0 radical (unpaired) electrons. The van der Waals surface area contributed by atoms with Crippen molar-refractivity contribution < 1.29 is 0 Å². The second-order valence-corrected chi connectivity index (χ2v) is 6.20. The van der Waals surface area contributed by atoms with E-state index in [1.54, 1.807) is 12.4 Å². The lowest BCUT2D eigenvalue weighted by atomic mass is 10.1. The molecule has 5 nitrogen and oxygen atoms in total. The molecule has 23 heavy (non-hydrogen) atoms. The number of nitrogens with zero attached hydrogens (tertiary/aromatic N) is 3. The van der Waals surface area contributed by atoms with Crippen LogP contribution in [0.15, 0.2) is 36.8 Å². The first-order valence-electron chi connectivity index (χ1n) is 7.92. The van der Waals surface area contributed by atoms with Crippen LogP contribution in [-0.2, 0) is 0 Å². The Labute approximate surface area is 135 Å². The fourth-order valence-electron chi connectivity index (χ4n) is 2.71. The summed E-state index contributed by atoms with van der Waals surface area (Å²) in [6.07, 6.45) is 8.06. The summed E-state index contributed by atoms with van der Waals surface area (Å²) < 4.78 is 0. The van der Waals surface area contributed by atoms with E-state index < -0.39 is 0 Å². The van der Waals surface area contributed by atoms with Crippen LogP contribution in [0.1, 0.15) is 18.4 Å². The first kappa shape index (κ1) is 13.9. The molecule has 0 bridgehead atoms. The van der Waals surface area contributed by atoms with Gasteiger partial charge in [0.2, 0.25) is 0 Å². The zero-order valence-corrected chi connectivity index (χ0v) is 13.1. The predicted molar refractivity (Wildman–Crippen MR) is 93.1 cm³/mol. The summed E-state index contributed by atoms with van der Waals surface area (Å²) in [6.45, 7) is 3.04. The Balaban J connectivity index is 1.76. The number of aromatic nitrogens is 3. The average Bonchev–Trinajstić information content (AvgIpc) is 3.37. The lowest BCUT2D eigenvalue weighted by molar-refractivity contribution is 0.883. The van der Waals surface area contributed by atoms with Gasteiger partial charge in [-0.15, -0.1) is 0 Å². The molecule has 0 unspecified atom stereocenters. The Morgan fingerprint density at radius 1 is 1.26 bits per heavy atom. The Hall–Kier alpha value is -2.69. The fraction of sp³-hybridized carbons (Fsp3) is 0.278. The standard InChI is InChI=1S/C18H19N5/c1-11-4-5-20-9-14(11)16-6-13-7-17(21-8-12-2-3-12)22-10-15(13)18(19)23-16/h4-7,9-10,12H,2-3,8H2,1H3,(H2,19,23)(H,21,22). The van der Waals surface area contributed by atoms with Crippen molar-refractivity contribution in [3.8, 4) is 11.3 Å². The summed E-state index contributed by atoms with van der Waals surface area (Å²) in [5.41, 5.74) is 9.12. The predicted octanol–water partition coefficient (Wildman–Crippen LogP) is 3.40. The van der Waals surface area contributed by atoms with Gasteiger partial charge in [0.25, 0.3) is 0 Å². The lowest BCUT2D eigenvalue weighted by Crippen LogP contribution is -2.05. The Bertz CT molecular complexity index is 870. The number of anilines is 2. The number of nitrogen functional groups attached to an aromatic ring is 1. The summed E-state index contributed by atoms with van der Waals surface area (Å²) in [7, 11) is 0. The highest BCUT2D eigenvalue weighted by Crippen LogP contribution is 2.30. The van der Waals surface area contributed by atoms with Gasteiger partial charge in [0.15, 0.2) is 0 Å². The highest BCUT2D eigenvalue weighted by molar-refractivity contribution is 5.94. The van der Waals surface area contributed by atoms with Crippen molar-refractivity contribution in [1.82, 2.24) is 15.0 Å². The molecule has 3 aromatic heterocycles. The quantitative estimate of drug-likeness (QED) is 0.772. The highest BCUT2D eigenvalue weighted by atomic mass is 15.0. The normalized spacial score (nSPS) is 14.1. The van der Waals surface area contributed by atoms with Crippen molar-refractivity contribution in [2.75, 3.05) is 17.6 Å². The van der Waals surface area contributed by atoms with E-state index >= 15 is 0 Å². The van der Waals surface area contributed by atoms with E-state index in [1.165, 1.54) is 12.8 Å². The summed E-state index contributed by atoms with van der Waals surface area (Å²) in [4.78, 5) is 13.2. The van der Waals surface area contributed by atoms with Crippen LogP contribution < -0.4 is 11.1 Å². The SMILES string of the molecule is Cc1ccncc1-c1cc2cc(NCC3CC3)ncc2c(N)n1. The number of pyridine rings is 3. The van der Waals surface area contributed by atoms with Gasteiger partial charge < -0.3 is 11.1 Å². The molecule has 116 valence electrons. The van der Waals surface area contributed by atoms with Crippen LogP contribution in [0.3, 0.4) is 0 Å². The van der Waals surface area contributed by atoms with Gasteiger partial charge >= 0.3 is 0 Å². The van der Waals surface area contributed by atoms with E-state index in [0.29, 0.717) is 5.82 Å². The third kappa shape index (κ3) is 2.82. The molecule has 0 aromatic carbocycles. The molecule has 0 saturated heterocycles. The van der Waals surface area contributed by atoms with Crippen LogP contribution >= 0.6 is 0 Å². The maximum Gasteiger partial charge on any atom is 0.133 e. The minimum Gasteiger partial charge on any atom is -0.383 e. The first-order valence-corrected chi connectivity index (χ1v) is 7.92. The van der Waals surface area contributed by atoms with Crippen molar-refractivity contribution in [3.05, 3.63) is 42.4 Å². The summed E-state index contributed by atoms with van der Waals surface area (Å²) in [6, 6.07) is 6.08. The van der Waals surface area contributed by atoms with Gasteiger partial charge in [0.1, 0.15) is 11.6 Å². The summed E-state index contributed by atoms with van der Waals surface area (Å²) in [5, 5.41) is 5.33. The minimum atomic E-state index is 0.502. The van der Waals surface area contributed by atoms with Gasteiger partial charge in [-0.05, 0) is 54.8 Å². The summed E-state index contributed by atoms with van der Waals surface area (Å²) in [5.74, 6) is 2.20. The molecule has 1 saturated carbocycles. The number of hydrogen-bond donors (Lipinski definition) is 2. The number of nitrogens with two attached hydrogens (primary N) is 1. The van der Waals surface area contributed by atoms with Crippen LogP contribution in [0, 0.1) is 12.8 Å². The first-order chi connectivity index (χ1) is 11.2. The zero-order chi connectivity index (χ0) is 15.8. The molecule has 0 aliphatic heterocycles. The maximum absolute atomic E-state index is 6.13. The molecule has 0 amide bonds. The Kier molecular flexibility index (Phi) is 3.33. The molecule has 0 atom stereocenters. The van der Waals surface area contributed by atoms with Crippen LogP contribution in [0.5, 0.6) is 0 Å². The number of fused-ring (bicyclic) bond motifs is 1. The molecule has 3 N–H and O–H groups in total. The van der Waals surface area contributed by atoms with Crippen molar-refractivity contribution in [1.29, 1.82) is 0 Å². The number of aryl methyl sites for hydroxylation is 1. The zero-order valence-electron chi connectivity index (χ0n) is 13.1. The number of nitrogens with one attached hydrogen (secondary N) is 1. The second kappa shape index (κ2) is 5.50. The van der Waals surface area contributed by atoms with Gasteiger partial charge in [-0.2, -0.15) is 0 Å². The van der Waals surface area contributed by atoms with Crippen LogP contribution in [0.4, 0.5) is 11.6 Å². The number of rotatable bonds is 4. The monoisotopic (exact) mass is 305 g/mol. The summed E-state index contributed by atoms with van der Waals surface area (Å²) >= 11 is 0. The molecule has 1 fully saturated rings. The third-order valence-corrected chi connectivity index (χ3v) is 4.33. The molecule has 3 heterocycles. The van der Waals surface area contributed by atoms with Crippen molar-refractivity contribution in [2.45, 2.75) is 19.8 Å². The molecule has 4 rings (SSSR count). The van der Waals surface area contributed by atoms with Crippen LogP contribution in [-0.4, -0.2) is 21.5 Å². The molecule has 5 heteroatoms.